The predicted molar refractivity (Wildman–Crippen MR) is 71.0 cm³/mol. The SMILES string of the molecule is C=CC(C)Oc1ccc2c(c1)OC(C)(C)CC2O. The number of hydrogen-bond donors (Lipinski definition) is 1. The van der Waals surface area contributed by atoms with Crippen molar-refractivity contribution in [2.24, 2.45) is 0 Å². The molecule has 0 saturated heterocycles. The number of rotatable bonds is 3. The first-order valence-corrected chi connectivity index (χ1v) is 6.21. The first-order chi connectivity index (χ1) is 8.41. The zero-order chi connectivity index (χ0) is 13.3. The first-order valence-electron chi connectivity index (χ1n) is 6.21. The smallest absolute Gasteiger partial charge is 0.129 e. The van der Waals surface area contributed by atoms with Crippen LogP contribution in [-0.2, 0) is 0 Å². The van der Waals surface area contributed by atoms with Gasteiger partial charge in [0, 0.05) is 18.1 Å². The lowest BCUT2D eigenvalue weighted by atomic mass is 9.92. The summed E-state index contributed by atoms with van der Waals surface area (Å²) in [7, 11) is 0. The van der Waals surface area contributed by atoms with Crippen molar-refractivity contribution in [3.8, 4) is 11.5 Å². The molecule has 0 radical (unpaired) electrons. The van der Waals surface area contributed by atoms with Crippen LogP contribution < -0.4 is 9.47 Å². The lowest BCUT2D eigenvalue weighted by molar-refractivity contribution is 0.0113. The Morgan fingerprint density at radius 1 is 1.56 bits per heavy atom. The highest BCUT2D eigenvalue weighted by Gasteiger charge is 2.32. The lowest BCUT2D eigenvalue weighted by Gasteiger charge is -2.35. The number of hydrogen-bond acceptors (Lipinski definition) is 3. The van der Waals surface area contributed by atoms with Gasteiger partial charge in [0.15, 0.2) is 0 Å². The predicted octanol–water partition coefficient (Wildman–Crippen LogP) is 3.23. The maximum atomic E-state index is 10.1. The van der Waals surface area contributed by atoms with Gasteiger partial charge in [0.1, 0.15) is 23.2 Å². The van der Waals surface area contributed by atoms with Gasteiger partial charge in [0.2, 0.25) is 0 Å². The van der Waals surface area contributed by atoms with Gasteiger partial charge < -0.3 is 14.6 Å². The second-order valence-electron chi connectivity index (χ2n) is 5.34. The van der Waals surface area contributed by atoms with Crippen molar-refractivity contribution in [2.45, 2.75) is 45.0 Å². The molecule has 3 nitrogen and oxygen atoms in total. The van der Waals surface area contributed by atoms with Crippen LogP contribution in [0.2, 0.25) is 0 Å². The van der Waals surface area contributed by atoms with E-state index in [9.17, 15) is 5.11 Å². The monoisotopic (exact) mass is 248 g/mol. The van der Waals surface area contributed by atoms with E-state index in [0.717, 1.165) is 11.3 Å². The Bertz CT molecular complexity index is 451. The molecule has 1 aliphatic rings. The molecule has 0 bridgehead atoms. The molecular weight excluding hydrogens is 228 g/mol. The third-order valence-electron chi connectivity index (χ3n) is 3.07. The van der Waals surface area contributed by atoms with E-state index in [1.807, 2.05) is 39.0 Å². The van der Waals surface area contributed by atoms with Gasteiger partial charge in [0.25, 0.3) is 0 Å². The molecule has 0 aromatic heterocycles. The zero-order valence-corrected chi connectivity index (χ0v) is 11.1. The number of aliphatic hydroxyl groups is 1. The topological polar surface area (TPSA) is 38.7 Å². The summed E-state index contributed by atoms with van der Waals surface area (Å²) in [5.74, 6) is 1.43. The van der Waals surface area contributed by atoms with Crippen LogP contribution in [0.25, 0.3) is 0 Å². The summed E-state index contributed by atoms with van der Waals surface area (Å²) in [6.07, 6.45) is 1.81. The Morgan fingerprint density at radius 3 is 2.94 bits per heavy atom. The van der Waals surface area contributed by atoms with Crippen LogP contribution in [0.4, 0.5) is 0 Å². The van der Waals surface area contributed by atoms with E-state index in [-0.39, 0.29) is 11.7 Å². The third-order valence-corrected chi connectivity index (χ3v) is 3.07. The molecule has 0 spiro atoms. The van der Waals surface area contributed by atoms with Crippen molar-refractivity contribution >= 4 is 0 Å². The fourth-order valence-electron chi connectivity index (χ4n) is 2.13. The van der Waals surface area contributed by atoms with E-state index in [4.69, 9.17) is 9.47 Å². The Morgan fingerprint density at radius 2 is 2.28 bits per heavy atom. The highest BCUT2D eigenvalue weighted by atomic mass is 16.5. The number of aliphatic hydroxyl groups excluding tert-OH is 1. The number of fused-ring (bicyclic) bond motifs is 1. The molecule has 18 heavy (non-hydrogen) atoms. The fourth-order valence-corrected chi connectivity index (χ4v) is 2.13. The van der Waals surface area contributed by atoms with Gasteiger partial charge in [-0.25, -0.2) is 0 Å². The average Bonchev–Trinajstić information content (AvgIpc) is 2.26. The minimum atomic E-state index is -0.477. The van der Waals surface area contributed by atoms with E-state index >= 15 is 0 Å². The lowest BCUT2D eigenvalue weighted by Crippen LogP contribution is -2.34. The van der Waals surface area contributed by atoms with E-state index in [1.165, 1.54) is 0 Å². The van der Waals surface area contributed by atoms with Gasteiger partial charge in [0.05, 0.1) is 6.10 Å². The average molecular weight is 248 g/mol. The molecule has 1 N–H and O–H groups in total. The molecule has 0 amide bonds. The summed E-state index contributed by atoms with van der Waals surface area (Å²) in [6.45, 7) is 9.55. The van der Waals surface area contributed by atoms with Crippen LogP contribution in [0.1, 0.15) is 38.9 Å². The largest absolute Gasteiger partial charge is 0.487 e. The third kappa shape index (κ3) is 2.67. The van der Waals surface area contributed by atoms with Crippen LogP contribution in [0, 0.1) is 0 Å². The summed E-state index contributed by atoms with van der Waals surface area (Å²) >= 11 is 0. The standard InChI is InChI=1S/C15H20O3/c1-5-10(2)17-11-6-7-12-13(16)9-15(3,4)18-14(12)8-11/h5-8,10,13,16H,1,9H2,2-4H3. The molecule has 1 aromatic rings. The maximum absolute atomic E-state index is 10.1. The molecule has 1 aliphatic heterocycles. The molecular formula is C15H20O3. The van der Waals surface area contributed by atoms with Gasteiger partial charge in [-0.3, -0.25) is 0 Å². The highest BCUT2D eigenvalue weighted by molar-refractivity contribution is 5.44. The van der Waals surface area contributed by atoms with Crippen LogP contribution in [0.5, 0.6) is 11.5 Å². The molecule has 1 heterocycles. The van der Waals surface area contributed by atoms with Crippen molar-refractivity contribution in [2.75, 3.05) is 0 Å². The minimum Gasteiger partial charge on any atom is -0.487 e. The van der Waals surface area contributed by atoms with E-state index in [1.54, 1.807) is 6.08 Å². The Hall–Kier alpha value is -1.48. The van der Waals surface area contributed by atoms with Crippen LogP contribution in [-0.4, -0.2) is 16.8 Å². The zero-order valence-electron chi connectivity index (χ0n) is 11.1. The van der Waals surface area contributed by atoms with Crippen LogP contribution in [0.15, 0.2) is 30.9 Å². The molecule has 0 fully saturated rings. The molecule has 0 saturated carbocycles. The van der Waals surface area contributed by atoms with Crippen molar-refractivity contribution in [3.05, 3.63) is 36.4 Å². The fraction of sp³-hybridized carbons (Fsp3) is 0.467. The number of ether oxygens (including phenoxy) is 2. The quantitative estimate of drug-likeness (QED) is 0.835. The number of benzene rings is 1. The Labute approximate surface area is 108 Å². The second-order valence-corrected chi connectivity index (χ2v) is 5.34. The van der Waals surface area contributed by atoms with Crippen molar-refractivity contribution in [3.63, 3.8) is 0 Å². The second kappa shape index (κ2) is 4.65. The van der Waals surface area contributed by atoms with E-state index < -0.39 is 6.10 Å². The van der Waals surface area contributed by atoms with Gasteiger partial charge in [-0.1, -0.05) is 12.7 Å². The van der Waals surface area contributed by atoms with Gasteiger partial charge in [-0.2, -0.15) is 0 Å². The molecule has 0 aliphatic carbocycles. The van der Waals surface area contributed by atoms with Crippen molar-refractivity contribution in [1.29, 1.82) is 0 Å². The summed E-state index contributed by atoms with van der Waals surface area (Å²) in [6, 6.07) is 5.55. The summed E-state index contributed by atoms with van der Waals surface area (Å²) in [5.41, 5.74) is 0.475. The minimum absolute atomic E-state index is 0.0513. The molecule has 2 rings (SSSR count). The van der Waals surface area contributed by atoms with Crippen LogP contribution >= 0.6 is 0 Å². The van der Waals surface area contributed by atoms with E-state index in [0.29, 0.717) is 12.2 Å². The Balaban J connectivity index is 2.28. The summed E-state index contributed by atoms with van der Waals surface area (Å²) in [5, 5.41) is 10.1. The Kier molecular flexibility index (Phi) is 3.35. The molecule has 1 aromatic carbocycles. The van der Waals surface area contributed by atoms with Gasteiger partial charge in [-0.15, -0.1) is 0 Å². The van der Waals surface area contributed by atoms with Crippen molar-refractivity contribution < 1.29 is 14.6 Å². The molecule has 2 atom stereocenters. The highest BCUT2D eigenvalue weighted by Crippen LogP contribution is 2.41. The van der Waals surface area contributed by atoms with Gasteiger partial charge >= 0.3 is 0 Å². The normalized spacial score (nSPS) is 22.6. The summed E-state index contributed by atoms with van der Waals surface area (Å²) < 4.78 is 11.5. The van der Waals surface area contributed by atoms with Gasteiger partial charge in [-0.05, 0) is 32.9 Å². The molecule has 3 heteroatoms. The van der Waals surface area contributed by atoms with Crippen molar-refractivity contribution in [1.82, 2.24) is 0 Å². The first kappa shape index (κ1) is 13.0. The van der Waals surface area contributed by atoms with E-state index in [2.05, 4.69) is 6.58 Å². The van der Waals surface area contributed by atoms with Crippen LogP contribution in [0.3, 0.4) is 0 Å². The molecule has 98 valence electrons. The maximum Gasteiger partial charge on any atom is 0.129 e. The molecule has 2 unspecified atom stereocenters. The summed E-state index contributed by atoms with van der Waals surface area (Å²) in [4.78, 5) is 0.